The van der Waals surface area contributed by atoms with Crippen LogP contribution >= 0.6 is 0 Å². The Hall–Kier alpha value is -0.570. The summed E-state index contributed by atoms with van der Waals surface area (Å²) in [5, 5.41) is 3.36. The van der Waals surface area contributed by atoms with Crippen molar-refractivity contribution in [2.24, 2.45) is 0 Å². The fraction of sp³-hybridized carbons (Fsp3) is 0.938. The Bertz CT molecular complexity index is 237. The Morgan fingerprint density at radius 3 is 2.47 bits per heavy atom. The molecule has 1 amide bonds. The Kier molecular flexibility index (Phi) is 8.89. The predicted molar refractivity (Wildman–Crippen MR) is 81.3 cm³/mol. The molecule has 0 radical (unpaired) electrons. The summed E-state index contributed by atoms with van der Waals surface area (Å²) in [6.45, 7) is 7.38. The number of nitrogens with one attached hydrogen (secondary N) is 1. The summed E-state index contributed by atoms with van der Waals surface area (Å²) in [5.74, 6) is 0.381. The van der Waals surface area contributed by atoms with Gasteiger partial charge in [-0.1, -0.05) is 46.0 Å². The monoisotopic (exact) mass is 268 g/mol. The third-order valence-electron chi connectivity index (χ3n) is 4.00. The fourth-order valence-corrected chi connectivity index (χ4v) is 2.86. The average molecular weight is 268 g/mol. The van der Waals surface area contributed by atoms with Crippen molar-refractivity contribution in [3.05, 3.63) is 0 Å². The second-order valence-electron chi connectivity index (χ2n) is 5.75. The van der Waals surface area contributed by atoms with E-state index in [0.717, 1.165) is 45.3 Å². The molecule has 0 bridgehead atoms. The van der Waals surface area contributed by atoms with E-state index in [1.165, 1.54) is 32.1 Å². The van der Waals surface area contributed by atoms with E-state index in [1.807, 2.05) is 0 Å². The number of carbonyl (C=O) groups excluding carboxylic acids is 1. The average Bonchev–Trinajstić information content (AvgIpc) is 2.93. The molecule has 1 atom stereocenters. The second kappa shape index (κ2) is 10.2. The molecule has 0 saturated carbocycles. The van der Waals surface area contributed by atoms with E-state index in [4.69, 9.17) is 0 Å². The van der Waals surface area contributed by atoms with Crippen LogP contribution in [0.25, 0.3) is 0 Å². The maximum Gasteiger partial charge on any atom is 0.222 e. The van der Waals surface area contributed by atoms with Crippen LogP contribution in [0.5, 0.6) is 0 Å². The molecule has 3 nitrogen and oxygen atoms in total. The summed E-state index contributed by atoms with van der Waals surface area (Å²) >= 11 is 0. The van der Waals surface area contributed by atoms with Crippen LogP contribution in [0.3, 0.4) is 0 Å². The molecule has 1 N–H and O–H groups in total. The van der Waals surface area contributed by atoms with Crippen LogP contribution in [-0.4, -0.2) is 36.5 Å². The smallest absolute Gasteiger partial charge is 0.222 e. The van der Waals surface area contributed by atoms with Crippen molar-refractivity contribution in [2.45, 2.75) is 77.7 Å². The summed E-state index contributed by atoms with van der Waals surface area (Å²) in [6, 6.07) is 0.451. The van der Waals surface area contributed by atoms with Gasteiger partial charge < -0.3 is 10.2 Å². The van der Waals surface area contributed by atoms with E-state index >= 15 is 0 Å². The van der Waals surface area contributed by atoms with Crippen molar-refractivity contribution in [3.63, 3.8) is 0 Å². The molecule has 19 heavy (non-hydrogen) atoms. The van der Waals surface area contributed by atoms with E-state index in [0.29, 0.717) is 11.9 Å². The minimum absolute atomic E-state index is 0.381. The molecule has 112 valence electrons. The molecular formula is C16H32N2O. The van der Waals surface area contributed by atoms with Crippen LogP contribution in [0, 0.1) is 0 Å². The molecule has 0 aliphatic carbocycles. The maximum atomic E-state index is 12.3. The first-order chi connectivity index (χ1) is 9.29. The van der Waals surface area contributed by atoms with Crippen molar-refractivity contribution < 1.29 is 4.79 Å². The Morgan fingerprint density at radius 1 is 1.11 bits per heavy atom. The van der Waals surface area contributed by atoms with Gasteiger partial charge in [0, 0.05) is 25.6 Å². The molecule has 0 aromatic rings. The van der Waals surface area contributed by atoms with Gasteiger partial charge in [-0.2, -0.15) is 0 Å². The number of hydrogen-bond acceptors (Lipinski definition) is 2. The highest BCUT2D eigenvalue weighted by molar-refractivity contribution is 5.76. The summed E-state index contributed by atoms with van der Waals surface area (Å²) in [4.78, 5) is 14.4. The molecule has 3 heteroatoms. The van der Waals surface area contributed by atoms with E-state index < -0.39 is 0 Å². The van der Waals surface area contributed by atoms with E-state index in [2.05, 4.69) is 24.1 Å². The lowest BCUT2D eigenvalue weighted by Gasteiger charge is -2.28. The first-order valence-corrected chi connectivity index (χ1v) is 8.29. The SMILES string of the molecule is CCCCCCCCC(=O)N(CCC)C1CCNC1. The van der Waals surface area contributed by atoms with Gasteiger partial charge in [0.05, 0.1) is 0 Å². The van der Waals surface area contributed by atoms with Gasteiger partial charge in [0.15, 0.2) is 0 Å². The highest BCUT2D eigenvalue weighted by Crippen LogP contribution is 2.13. The largest absolute Gasteiger partial charge is 0.338 e. The van der Waals surface area contributed by atoms with Crippen LogP contribution in [0.15, 0.2) is 0 Å². The number of nitrogens with zero attached hydrogens (tertiary/aromatic N) is 1. The highest BCUT2D eigenvalue weighted by atomic mass is 16.2. The molecular weight excluding hydrogens is 236 g/mol. The summed E-state index contributed by atoms with van der Waals surface area (Å²) in [7, 11) is 0. The summed E-state index contributed by atoms with van der Waals surface area (Å²) < 4.78 is 0. The van der Waals surface area contributed by atoms with Gasteiger partial charge in [-0.15, -0.1) is 0 Å². The lowest BCUT2D eigenvalue weighted by Crippen LogP contribution is -2.41. The minimum Gasteiger partial charge on any atom is -0.338 e. The topological polar surface area (TPSA) is 32.3 Å². The molecule has 1 aliphatic heterocycles. The van der Waals surface area contributed by atoms with Gasteiger partial charge in [-0.05, 0) is 25.8 Å². The van der Waals surface area contributed by atoms with Gasteiger partial charge in [-0.25, -0.2) is 0 Å². The normalized spacial score (nSPS) is 18.7. The van der Waals surface area contributed by atoms with Gasteiger partial charge in [0.2, 0.25) is 5.91 Å². The van der Waals surface area contributed by atoms with Gasteiger partial charge >= 0.3 is 0 Å². The molecule has 0 aromatic carbocycles. The van der Waals surface area contributed by atoms with E-state index in [-0.39, 0.29) is 0 Å². The molecule has 1 heterocycles. The van der Waals surface area contributed by atoms with Crippen molar-refractivity contribution in [1.29, 1.82) is 0 Å². The van der Waals surface area contributed by atoms with Gasteiger partial charge in [0.25, 0.3) is 0 Å². The predicted octanol–water partition coefficient (Wildman–Crippen LogP) is 3.34. The third kappa shape index (κ3) is 6.42. The van der Waals surface area contributed by atoms with Crippen LogP contribution < -0.4 is 5.32 Å². The number of unbranched alkanes of at least 4 members (excludes halogenated alkanes) is 5. The molecule has 0 spiro atoms. The highest BCUT2D eigenvalue weighted by Gasteiger charge is 2.25. The van der Waals surface area contributed by atoms with Crippen LogP contribution in [-0.2, 0) is 4.79 Å². The third-order valence-corrected chi connectivity index (χ3v) is 4.00. The zero-order chi connectivity index (χ0) is 13.9. The Labute approximate surface area is 119 Å². The number of rotatable bonds is 10. The molecule has 1 fully saturated rings. The lowest BCUT2D eigenvalue weighted by molar-refractivity contribution is -0.133. The fourth-order valence-electron chi connectivity index (χ4n) is 2.86. The minimum atomic E-state index is 0.381. The zero-order valence-electron chi connectivity index (χ0n) is 12.9. The zero-order valence-corrected chi connectivity index (χ0v) is 12.9. The molecule has 0 aromatic heterocycles. The number of amides is 1. The first kappa shape index (κ1) is 16.5. The summed E-state index contributed by atoms with van der Waals surface area (Å²) in [6.07, 6.45) is 10.5. The van der Waals surface area contributed by atoms with Crippen LogP contribution in [0.2, 0.25) is 0 Å². The number of hydrogen-bond donors (Lipinski definition) is 1. The van der Waals surface area contributed by atoms with Crippen LogP contribution in [0.4, 0.5) is 0 Å². The van der Waals surface area contributed by atoms with Crippen molar-refractivity contribution in [2.75, 3.05) is 19.6 Å². The number of carbonyl (C=O) groups is 1. The van der Waals surface area contributed by atoms with Gasteiger partial charge in [-0.3, -0.25) is 4.79 Å². The molecule has 1 aliphatic rings. The van der Waals surface area contributed by atoms with Gasteiger partial charge in [0.1, 0.15) is 0 Å². The standard InChI is InChI=1S/C16H32N2O/c1-3-5-6-7-8-9-10-16(19)18(13-4-2)15-11-12-17-14-15/h15,17H,3-14H2,1-2H3. The molecule has 1 saturated heterocycles. The quantitative estimate of drug-likeness (QED) is 0.616. The Morgan fingerprint density at radius 2 is 1.84 bits per heavy atom. The molecule has 1 unspecified atom stereocenters. The van der Waals surface area contributed by atoms with Crippen LogP contribution in [0.1, 0.15) is 71.6 Å². The maximum absolute atomic E-state index is 12.3. The van der Waals surface area contributed by atoms with E-state index in [9.17, 15) is 4.79 Å². The summed E-state index contributed by atoms with van der Waals surface area (Å²) in [5.41, 5.74) is 0. The van der Waals surface area contributed by atoms with Crippen molar-refractivity contribution in [3.8, 4) is 0 Å². The first-order valence-electron chi connectivity index (χ1n) is 8.29. The Balaban J connectivity index is 2.20. The molecule has 1 rings (SSSR count). The van der Waals surface area contributed by atoms with Crippen molar-refractivity contribution in [1.82, 2.24) is 10.2 Å². The lowest BCUT2D eigenvalue weighted by atomic mass is 10.1. The van der Waals surface area contributed by atoms with Crippen molar-refractivity contribution >= 4 is 5.91 Å². The van der Waals surface area contributed by atoms with E-state index in [1.54, 1.807) is 0 Å². The second-order valence-corrected chi connectivity index (χ2v) is 5.75.